The summed E-state index contributed by atoms with van der Waals surface area (Å²) in [6.07, 6.45) is 0. The maximum Gasteiger partial charge on any atom is 0.125 e. The van der Waals surface area contributed by atoms with Gasteiger partial charge in [0.1, 0.15) is 5.82 Å². The lowest BCUT2D eigenvalue weighted by atomic mass is 10.2. The van der Waals surface area contributed by atoms with E-state index in [0.717, 1.165) is 28.8 Å². The highest BCUT2D eigenvalue weighted by Crippen LogP contribution is 2.15. The molecule has 0 aromatic heterocycles. The fraction of sp³-hybridized carbons (Fsp3) is 0.200. The average Bonchev–Trinajstić information content (AvgIpc) is 2.41. The zero-order valence-electron chi connectivity index (χ0n) is 10.4. The first-order valence-electron chi connectivity index (χ1n) is 6.06. The smallest absolute Gasteiger partial charge is 0.125 e. The lowest BCUT2D eigenvalue weighted by Crippen LogP contribution is -2.04. The van der Waals surface area contributed by atoms with Crippen molar-refractivity contribution in [2.75, 3.05) is 17.6 Å². The molecule has 2 rings (SSSR count). The van der Waals surface area contributed by atoms with Gasteiger partial charge in [0.05, 0.1) is 0 Å². The van der Waals surface area contributed by atoms with E-state index in [1.54, 1.807) is 6.07 Å². The van der Waals surface area contributed by atoms with Crippen molar-refractivity contribution in [3.8, 4) is 0 Å². The topological polar surface area (TPSA) is 12.0 Å². The molecule has 0 spiro atoms. The Hall–Kier alpha value is -1.19. The van der Waals surface area contributed by atoms with Crippen molar-refractivity contribution >= 4 is 29.1 Å². The summed E-state index contributed by atoms with van der Waals surface area (Å²) in [7, 11) is 0. The Morgan fingerprint density at radius 3 is 2.63 bits per heavy atom. The van der Waals surface area contributed by atoms with Gasteiger partial charge < -0.3 is 5.32 Å². The first-order valence-corrected chi connectivity index (χ1v) is 7.59. The van der Waals surface area contributed by atoms with Crippen LogP contribution in [0.1, 0.15) is 5.56 Å². The zero-order valence-corrected chi connectivity index (χ0v) is 12.0. The zero-order chi connectivity index (χ0) is 13.5. The molecule has 100 valence electrons. The average molecular weight is 296 g/mol. The summed E-state index contributed by atoms with van der Waals surface area (Å²) in [6, 6.07) is 14.4. The molecule has 0 aliphatic rings. The van der Waals surface area contributed by atoms with Crippen LogP contribution in [0.2, 0.25) is 5.02 Å². The Balaban J connectivity index is 1.66. The van der Waals surface area contributed by atoms with Crippen LogP contribution in [0.25, 0.3) is 0 Å². The van der Waals surface area contributed by atoms with Crippen LogP contribution in [0.3, 0.4) is 0 Å². The van der Waals surface area contributed by atoms with Crippen molar-refractivity contribution < 1.29 is 4.39 Å². The molecule has 0 amide bonds. The Morgan fingerprint density at radius 2 is 1.89 bits per heavy atom. The molecule has 2 aromatic carbocycles. The summed E-state index contributed by atoms with van der Waals surface area (Å²) in [4.78, 5) is 0. The Bertz CT molecular complexity index is 516. The maximum atomic E-state index is 12.9. The summed E-state index contributed by atoms with van der Waals surface area (Å²) < 4.78 is 12.9. The number of hydrogen-bond donors (Lipinski definition) is 1. The molecule has 1 nitrogen and oxygen atoms in total. The Labute approximate surface area is 122 Å². The highest BCUT2D eigenvalue weighted by molar-refractivity contribution is 7.98. The minimum absolute atomic E-state index is 0.209. The second-order valence-electron chi connectivity index (χ2n) is 4.12. The van der Waals surface area contributed by atoms with E-state index in [4.69, 9.17) is 11.6 Å². The molecule has 0 aliphatic heterocycles. The normalized spacial score (nSPS) is 10.4. The van der Waals surface area contributed by atoms with Gasteiger partial charge in [0.25, 0.3) is 0 Å². The van der Waals surface area contributed by atoms with E-state index < -0.39 is 0 Å². The van der Waals surface area contributed by atoms with Gasteiger partial charge in [0.15, 0.2) is 0 Å². The molecular weight excluding hydrogens is 281 g/mol. The summed E-state index contributed by atoms with van der Waals surface area (Å²) in [5, 5.41) is 3.96. The van der Waals surface area contributed by atoms with E-state index in [2.05, 4.69) is 5.32 Å². The Morgan fingerprint density at radius 1 is 1.11 bits per heavy atom. The van der Waals surface area contributed by atoms with Gasteiger partial charge in [-0.05, 0) is 35.9 Å². The second-order valence-corrected chi connectivity index (χ2v) is 5.66. The summed E-state index contributed by atoms with van der Waals surface area (Å²) >= 11 is 7.66. The van der Waals surface area contributed by atoms with Gasteiger partial charge in [-0.25, -0.2) is 4.39 Å². The van der Waals surface area contributed by atoms with Gasteiger partial charge in [0, 0.05) is 28.8 Å². The van der Waals surface area contributed by atoms with Crippen LogP contribution in [0.5, 0.6) is 0 Å². The minimum atomic E-state index is -0.209. The van der Waals surface area contributed by atoms with Crippen molar-refractivity contribution in [3.63, 3.8) is 0 Å². The molecule has 0 saturated heterocycles. The number of benzene rings is 2. The molecule has 0 aliphatic carbocycles. The highest BCUT2D eigenvalue weighted by Gasteiger charge is 1.96. The molecule has 0 radical (unpaired) electrons. The molecule has 0 fully saturated rings. The molecule has 1 N–H and O–H groups in total. The van der Waals surface area contributed by atoms with Crippen molar-refractivity contribution in [2.45, 2.75) is 5.75 Å². The third kappa shape index (κ3) is 5.13. The molecule has 4 heteroatoms. The number of rotatable bonds is 6. The van der Waals surface area contributed by atoms with Gasteiger partial charge >= 0.3 is 0 Å². The first kappa shape index (κ1) is 14.2. The summed E-state index contributed by atoms with van der Waals surface area (Å²) in [6.45, 7) is 0.821. The third-order valence-corrected chi connectivity index (χ3v) is 3.86. The molecule has 0 bridgehead atoms. The highest BCUT2D eigenvalue weighted by atomic mass is 35.5. The van der Waals surface area contributed by atoms with E-state index in [1.807, 2.05) is 42.1 Å². The van der Waals surface area contributed by atoms with Gasteiger partial charge in [0.2, 0.25) is 0 Å². The van der Waals surface area contributed by atoms with Crippen LogP contribution < -0.4 is 5.32 Å². The Kier molecular flexibility index (Phi) is 5.55. The molecule has 2 aromatic rings. The molecule has 0 saturated carbocycles. The number of thioether (sulfide) groups is 1. The first-order chi connectivity index (χ1) is 9.24. The minimum Gasteiger partial charge on any atom is -0.384 e. The lowest BCUT2D eigenvalue weighted by molar-refractivity contribution is 0.628. The van der Waals surface area contributed by atoms with Crippen molar-refractivity contribution in [2.24, 2.45) is 0 Å². The predicted octanol–water partition coefficient (Wildman–Crippen LogP) is 4.82. The summed E-state index contributed by atoms with van der Waals surface area (Å²) in [5.41, 5.74) is 2.09. The van der Waals surface area contributed by atoms with E-state index in [9.17, 15) is 4.39 Å². The number of halogens is 2. The second kappa shape index (κ2) is 7.41. The fourth-order valence-corrected chi connectivity index (χ4v) is 2.58. The van der Waals surface area contributed by atoms with Gasteiger partial charge in [-0.3, -0.25) is 0 Å². The van der Waals surface area contributed by atoms with Crippen molar-refractivity contribution in [1.29, 1.82) is 0 Å². The maximum absolute atomic E-state index is 12.9. The standard InChI is InChI=1S/C15H15ClFNS/c16-13-6-4-12(5-7-13)11-19-9-8-18-15-3-1-2-14(17)10-15/h1-7,10,18H,8-9,11H2. The van der Waals surface area contributed by atoms with Crippen LogP contribution in [0.4, 0.5) is 10.1 Å². The van der Waals surface area contributed by atoms with Crippen LogP contribution >= 0.6 is 23.4 Å². The molecule has 0 heterocycles. The van der Waals surface area contributed by atoms with Gasteiger partial charge in [-0.15, -0.1) is 0 Å². The van der Waals surface area contributed by atoms with Crippen LogP contribution in [-0.2, 0) is 5.75 Å². The summed E-state index contributed by atoms with van der Waals surface area (Å²) in [5.74, 6) is 1.72. The van der Waals surface area contributed by atoms with Crippen LogP contribution in [0.15, 0.2) is 48.5 Å². The van der Waals surface area contributed by atoms with E-state index in [1.165, 1.54) is 17.7 Å². The van der Waals surface area contributed by atoms with E-state index in [0.29, 0.717) is 0 Å². The number of nitrogens with one attached hydrogen (secondary N) is 1. The van der Waals surface area contributed by atoms with Gasteiger partial charge in [-0.2, -0.15) is 11.8 Å². The van der Waals surface area contributed by atoms with Crippen molar-refractivity contribution in [1.82, 2.24) is 0 Å². The number of anilines is 1. The van der Waals surface area contributed by atoms with Crippen LogP contribution in [-0.4, -0.2) is 12.3 Å². The molecular formula is C15H15ClFNS. The van der Waals surface area contributed by atoms with E-state index >= 15 is 0 Å². The van der Waals surface area contributed by atoms with Crippen molar-refractivity contribution in [3.05, 3.63) is 64.9 Å². The molecule has 0 atom stereocenters. The lowest BCUT2D eigenvalue weighted by Gasteiger charge is -2.06. The third-order valence-electron chi connectivity index (χ3n) is 2.58. The SMILES string of the molecule is Fc1cccc(NCCSCc2ccc(Cl)cc2)c1. The predicted molar refractivity (Wildman–Crippen MR) is 82.5 cm³/mol. The molecule has 19 heavy (non-hydrogen) atoms. The van der Waals surface area contributed by atoms with Crippen LogP contribution in [0, 0.1) is 5.82 Å². The quantitative estimate of drug-likeness (QED) is 0.767. The largest absolute Gasteiger partial charge is 0.384 e. The fourth-order valence-electron chi connectivity index (χ4n) is 1.64. The van der Waals surface area contributed by atoms with E-state index in [-0.39, 0.29) is 5.82 Å². The molecule has 0 unspecified atom stereocenters. The monoisotopic (exact) mass is 295 g/mol. The number of hydrogen-bond acceptors (Lipinski definition) is 2. The van der Waals surface area contributed by atoms with Gasteiger partial charge in [-0.1, -0.05) is 29.8 Å².